The van der Waals surface area contributed by atoms with E-state index < -0.39 is 6.09 Å². The third kappa shape index (κ3) is 2.76. The minimum absolute atomic E-state index is 0.0867. The molecule has 6 heteroatoms. The molecule has 1 aromatic rings. The lowest BCUT2D eigenvalue weighted by molar-refractivity contribution is 0.0938. The van der Waals surface area contributed by atoms with Crippen LogP contribution in [0.1, 0.15) is 22.5 Å². The average molecular weight is 254 g/mol. The Kier molecular flexibility index (Phi) is 3.63. The van der Waals surface area contributed by atoms with Gasteiger partial charge in [-0.05, 0) is 24.3 Å². The molecule has 1 atom stereocenters. The van der Waals surface area contributed by atoms with E-state index in [0.29, 0.717) is 18.0 Å². The van der Waals surface area contributed by atoms with Gasteiger partial charge in [-0.1, -0.05) is 6.07 Å². The summed E-state index contributed by atoms with van der Waals surface area (Å²) < 4.78 is 0. The van der Waals surface area contributed by atoms with Crippen molar-refractivity contribution >= 4 is 23.3 Å². The molecular weight excluding hydrogens is 240 g/mol. The van der Waals surface area contributed by atoms with E-state index in [4.69, 9.17) is 5.11 Å². The van der Waals surface area contributed by atoms with E-state index in [2.05, 4.69) is 5.32 Å². The SMILES string of the molecule is O=C(NCC1CCCN1C(=O)O)c1cccs1. The zero-order chi connectivity index (χ0) is 12.3. The van der Waals surface area contributed by atoms with E-state index in [-0.39, 0.29) is 11.9 Å². The van der Waals surface area contributed by atoms with Gasteiger partial charge in [0.25, 0.3) is 5.91 Å². The summed E-state index contributed by atoms with van der Waals surface area (Å²) in [6.45, 7) is 0.956. The van der Waals surface area contributed by atoms with Crippen molar-refractivity contribution in [1.29, 1.82) is 0 Å². The average Bonchev–Trinajstić information content (AvgIpc) is 2.96. The number of carboxylic acid groups (broad SMARTS) is 1. The van der Waals surface area contributed by atoms with Crippen molar-refractivity contribution in [2.24, 2.45) is 0 Å². The van der Waals surface area contributed by atoms with Crippen LogP contribution in [0.15, 0.2) is 17.5 Å². The van der Waals surface area contributed by atoms with Gasteiger partial charge < -0.3 is 15.3 Å². The molecule has 1 saturated heterocycles. The maximum Gasteiger partial charge on any atom is 0.407 e. The van der Waals surface area contributed by atoms with Crippen LogP contribution in [0.2, 0.25) is 0 Å². The quantitative estimate of drug-likeness (QED) is 0.861. The highest BCUT2D eigenvalue weighted by Gasteiger charge is 2.28. The molecule has 1 unspecified atom stereocenters. The molecule has 2 N–H and O–H groups in total. The van der Waals surface area contributed by atoms with Gasteiger partial charge in [0, 0.05) is 13.1 Å². The number of hydrogen-bond acceptors (Lipinski definition) is 3. The van der Waals surface area contributed by atoms with Crippen LogP contribution in [0.3, 0.4) is 0 Å². The lowest BCUT2D eigenvalue weighted by Gasteiger charge is -2.21. The first-order valence-electron chi connectivity index (χ1n) is 5.50. The lowest BCUT2D eigenvalue weighted by atomic mass is 10.2. The van der Waals surface area contributed by atoms with E-state index in [0.717, 1.165) is 12.8 Å². The number of carbonyl (C=O) groups is 2. The standard InChI is InChI=1S/C11H14N2O3S/c14-10(9-4-2-6-17-9)12-7-8-3-1-5-13(8)11(15)16/h2,4,6,8H,1,3,5,7H2,(H,12,14)(H,15,16). The normalized spacial score (nSPS) is 19.3. The first kappa shape index (κ1) is 11.9. The second-order valence-corrected chi connectivity index (χ2v) is 4.91. The van der Waals surface area contributed by atoms with Crippen LogP contribution in [-0.2, 0) is 0 Å². The molecule has 1 aromatic heterocycles. The zero-order valence-corrected chi connectivity index (χ0v) is 10.1. The Hall–Kier alpha value is -1.56. The fourth-order valence-corrected chi connectivity index (χ4v) is 2.65. The Labute approximate surface area is 103 Å². The van der Waals surface area contributed by atoms with Crippen molar-refractivity contribution in [3.05, 3.63) is 22.4 Å². The summed E-state index contributed by atoms with van der Waals surface area (Å²) in [7, 11) is 0. The summed E-state index contributed by atoms with van der Waals surface area (Å²) in [5.41, 5.74) is 0. The monoisotopic (exact) mass is 254 g/mol. The van der Waals surface area contributed by atoms with Gasteiger partial charge in [0.1, 0.15) is 0 Å². The van der Waals surface area contributed by atoms with E-state index in [9.17, 15) is 9.59 Å². The first-order chi connectivity index (χ1) is 8.18. The number of thiophene rings is 1. The van der Waals surface area contributed by atoms with E-state index in [1.807, 2.05) is 11.4 Å². The van der Waals surface area contributed by atoms with Gasteiger partial charge in [-0.25, -0.2) is 4.79 Å². The van der Waals surface area contributed by atoms with Crippen LogP contribution in [0.25, 0.3) is 0 Å². The smallest absolute Gasteiger partial charge is 0.407 e. The second kappa shape index (κ2) is 5.18. The van der Waals surface area contributed by atoms with Crippen LogP contribution in [0.4, 0.5) is 4.79 Å². The Balaban J connectivity index is 1.86. The molecule has 2 rings (SSSR count). The zero-order valence-electron chi connectivity index (χ0n) is 9.26. The van der Waals surface area contributed by atoms with Gasteiger partial charge in [0.15, 0.2) is 0 Å². The number of amides is 2. The molecule has 1 fully saturated rings. The fraction of sp³-hybridized carbons (Fsp3) is 0.455. The molecule has 1 aliphatic rings. The third-order valence-corrected chi connectivity index (χ3v) is 3.73. The van der Waals surface area contributed by atoms with Gasteiger partial charge in [0.05, 0.1) is 10.9 Å². The summed E-state index contributed by atoms with van der Waals surface area (Å²) in [5.74, 6) is -0.128. The van der Waals surface area contributed by atoms with Crippen molar-refractivity contribution in [3.63, 3.8) is 0 Å². The summed E-state index contributed by atoms with van der Waals surface area (Å²) in [4.78, 5) is 24.6. The first-order valence-corrected chi connectivity index (χ1v) is 6.37. The van der Waals surface area contributed by atoms with Crippen molar-refractivity contribution in [1.82, 2.24) is 10.2 Å². The predicted molar refractivity (Wildman–Crippen MR) is 64.4 cm³/mol. The molecule has 0 aromatic carbocycles. The van der Waals surface area contributed by atoms with Gasteiger partial charge in [-0.2, -0.15) is 0 Å². The number of nitrogens with one attached hydrogen (secondary N) is 1. The molecule has 0 radical (unpaired) electrons. The number of carbonyl (C=O) groups excluding carboxylic acids is 1. The van der Waals surface area contributed by atoms with E-state index >= 15 is 0 Å². The van der Waals surface area contributed by atoms with Gasteiger partial charge in [-0.15, -0.1) is 11.3 Å². The van der Waals surface area contributed by atoms with Crippen LogP contribution in [0.5, 0.6) is 0 Å². The summed E-state index contributed by atoms with van der Waals surface area (Å²) >= 11 is 1.38. The molecule has 2 heterocycles. The summed E-state index contributed by atoms with van der Waals surface area (Å²) in [6.07, 6.45) is 0.779. The largest absolute Gasteiger partial charge is 0.465 e. The predicted octanol–water partition coefficient (Wildman–Crippen LogP) is 1.62. The molecule has 5 nitrogen and oxygen atoms in total. The number of nitrogens with zero attached hydrogens (tertiary/aromatic N) is 1. The molecule has 1 aliphatic heterocycles. The Morgan fingerprint density at radius 3 is 3.06 bits per heavy atom. The maximum atomic E-state index is 11.7. The Bertz CT molecular complexity index is 405. The van der Waals surface area contributed by atoms with Crippen molar-refractivity contribution in [2.45, 2.75) is 18.9 Å². The van der Waals surface area contributed by atoms with Gasteiger partial charge in [0.2, 0.25) is 0 Å². The Morgan fingerprint density at radius 1 is 1.59 bits per heavy atom. The van der Waals surface area contributed by atoms with Gasteiger partial charge >= 0.3 is 6.09 Å². The fourth-order valence-electron chi connectivity index (χ4n) is 2.01. The molecular formula is C11H14N2O3S. The molecule has 92 valence electrons. The molecule has 0 bridgehead atoms. The van der Waals surface area contributed by atoms with E-state index in [1.54, 1.807) is 6.07 Å². The highest BCUT2D eigenvalue weighted by Crippen LogP contribution is 2.16. The van der Waals surface area contributed by atoms with Crippen molar-refractivity contribution in [2.75, 3.05) is 13.1 Å². The molecule has 2 amide bonds. The van der Waals surface area contributed by atoms with Crippen LogP contribution in [-0.4, -0.2) is 41.1 Å². The number of rotatable bonds is 3. The second-order valence-electron chi connectivity index (χ2n) is 3.96. The minimum Gasteiger partial charge on any atom is -0.465 e. The molecule has 0 saturated carbocycles. The highest BCUT2D eigenvalue weighted by atomic mass is 32.1. The van der Waals surface area contributed by atoms with Crippen molar-refractivity contribution < 1.29 is 14.7 Å². The van der Waals surface area contributed by atoms with Crippen molar-refractivity contribution in [3.8, 4) is 0 Å². The number of hydrogen-bond donors (Lipinski definition) is 2. The maximum absolute atomic E-state index is 11.7. The summed E-state index contributed by atoms with van der Waals surface area (Å²) in [6, 6.07) is 3.49. The van der Waals surface area contributed by atoms with Gasteiger partial charge in [-0.3, -0.25) is 4.79 Å². The molecule has 0 spiro atoms. The van der Waals surface area contributed by atoms with E-state index in [1.165, 1.54) is 16.2 Å². The minimum atomic E-state index is -0.905. The topological polar surface area (TPSA) is 69.6 Å². The molecule has 0 aliphatic carbocycles. The number of likely N-dealkylation sites (tertiary alicyclic amines) is 1. The highest BCUT2D eigenvalue weighted by molar-refractivity contribution is 7.12. The van der Waals surface area contributed by atoms with Crippen LogP contribution >= 0.6 is 11.3 Å². The molecule has 17 heavy (non-hydrogen) atoms. The third-order valence-electron chi connectivity index (χ3n) is 2.87. The van der Waals surface area contributed by atoms with Crippen LogP contribution in [0, 0.1) is 0 Å². The Morgan fingerprint density at radius 2 is 2.41 bits per heavy atom. The lowest BCUT2D eigenvalue weighted by Crippen LogP contribution is -2.42. The van der Waals surface area contributed by atoms with Crippen LogP contribution < -0.4 is 5.32 Å². The summed E-state index contributed by atoms with van der Waals surface area (Å²) in [5, 5.41) is 13.6.